The first-order valence-electron chi connectivity index (χ1n) is 12.0. The van der Waals surface area contributed by atoms with Gasteiger partial charge in [-0.1, -0.05) is 19.3 Å². The Morgan fingerprint density at radius 2 is 1.76 bits per heavy atom. The van der Waals surface area contributed by atoms with Crippen LogP contribution in [0.5, 0.6) is 0 Å². The SMILES string of the molecule is CC(C(=O)N1CC(=O)Nc2cc(C(F)(F)F)ccc21)N1CCC(NC(=O)C2CCCCC2)CC1. The maximum atomic E-state index is 13.3. The second-order valence-corrected chi connectivity index (χ2v) is 9.53. The second-order valence-electron chi connectivity index (χ2n) is 9.53. The Labute approximate surface area is 197 Å². The van der Waals surface area contributed by atoms with E-state index in [-0.39, 0.29) is 41.7 Å². The Morgan fingerprint density at radius 1 is 1.09 bits per heavy atom. The van der Waals surface area contributed by atoms with Crippen molar-refractivity contribution in [2.24, 2.45) is 5.92 Å². The Hall–Kier alpha value is -2.62. The minimum Gasteiger partial charge on any atom is -0.353 e. The number of carbonyl (C=O) groups excluding carboxylic acids is 3. The molecule has 7 nitrogen and oxygen atoms in total. The minimum atomic E-state index is -4.55. The molecule has 3 amide bonds. The van der Waals surface area contributed by atoms with Crippen molar-refractivity contribution in [3.05, 3.63) is 23.8 Å². The molecule has 3 aliphatic rings. The van der Waals surface area contributed by atoms with Crippen LogP contribution < -0.4 is 15.5 Å². The van der Waals surface area contributed by atoms with Crippen LogP contribution in [-0.2, 0) is 20.6 Å². The average molecular weight is 481 g/mol. The fourth-order valence-corrected chi connectivity index (χ4v) is 5.16. The van der Waals surface area contributed by atoms with Crippen LogP contribution in [-0.4, -0.2) is 54.3 Å². The van der Waals surface area contributed by atoms with Gasteiger partial charge in [-0.05, 0) is 50.8 Å². The summed E-state index contributed by atoms with van der Waals surface area (Å²) in [5, 5.41) is 5.61. The number of fused-ring (bicyclic) bond motifs is 1. The number of hydrogen-bond acceptors (Lipinski definition) is 4. The van der Waals surface area contributed by atoms with E-state index in [1.54, 1.807) is 6.92 Å². The molecular formula is C24H31F3N4O3. The van der Waals surface area contributed by atoms with Crippen LogP contribution in [0.4, 0.5) is 24.5 Å². The number of alkyl halides is 3. The summed E-state index contributed by atoms with van der Waals surface area (Å²) in [7, 11) is 0. The van der Waals surface area contributed by atoms with E-state index < -0.39 is 23.7 Å². The number of nitrogens with zero attached hydrogens (tertiary/aromatic N) is 2. The van der Waals surface area contributed by atoms with Gasteiger partial charge in [-0.25, -0.2) is 0 Å². The normalized spacial score (nSPS) is 21.5. The Morgan fingerprint density at radius 3 is 2.41 bits per heavy atom. The van der Waals surface area contributed by atoms with Gasteiger partial charge in [0, 0.05) is 25.0 Å². The molecule has 34 heavy (non-hydrogen) atoms. The number of piperidine rings is 1. The molecule has 1 atom stereocenters. The third-order valence-corrected chi connectivity index (χ3v) is 7.21. The second kappa shape index (κ2) is 9.93. The molecule has 2 fully saturated rings. The maximum Gasteiger partial charge on any atom is 0.416 e. The standard InChI is InChI=1S/C24H31F3N4O3/c1-15(30-11-9-18(10-12-30)28-22(33)16-5-3-2-4-6-16)23(34)31-14-21(32)29-19-13-17(24(25,26)27)7-8-20(19)31/h7-8,13,15-16,18H,2-6,9-12,14H2,1H3,(H,28,33)(H,29,32). The van der Waals surface area contributed by atoms with Gasteiger partial charge in [-0.2, -0.15) is 13.2 Å². The van der Waals surface area contributed by atoms with Crippen molar-refractivity contribution in [1.82, 2.24) is 10.2 Å². The molecule has 1 aliphatic carbocycles. The van der Waals surface area contributed by atoms with Gasteiger partial charge in [0.25, 0.3) is 0 Å². The summed E-state index contributed by atoms with van der Waals surface area (Å²) in [6, 6.07) is 2.54. The first-order chi connectivity index (χ1) is 16.1. The van der Waals surface area contributed by atoms with Crippen molar-refractivity contribution < 1.29 is 27.6 Å². The molecular weight excluding hydrogens is 449 g/mol. The van der Waals surface area contributed by atoms with E-state index in [2.05, 4.69) is 10.6 Å². The van der Waals surface area contributed by atoms with E-state index in [1.165, 1.54) is 17.4 Å². The molecule has 0 radical (unpaired) electrons. The molecule has 0 spiro atoms. The summed E-state index contributed by atoms with van der Waals surface area (Å²) in [6.45, 7) is 2.74. The van der Waals surface area contributed by atoms with Crippen molar-refractivity contribution in [3.8, 4) is 0 Å². The van der Waals surface area contributed by atoms with Crippen molar-refractivity contribution in [2.75, 3.05) is 29.9 Å². The predicted octanol–water partition coefficient (Wildman–Crippen LogP) is 3.54. The summed E-state index contributed by atoms with van der Waals surface area (Å²) < 4.78 is 39.2. The summed E-state index contributed by atoms with van der Waals surface area (Å²) >= 11 is 0. The predicted molar refractivity (Wildman–Crippen MR) is 121 cm³/mol. The molecule has 2 aliphatic heterocycles. The van der Waals surface area contributed by atoms with Crippen molar-refractivity contribution in [2.45, 2.75) is 70.1 Å². The van der Waals surface area contributed by atoms with E-state index in [0.717, 1.165) is 50.7 Å². The van der Waals surface area contributed by atoms with Gasteiger partial charge >= 0.3 is 6.18 Å². The van der Waals surface area contributed by atoms with E-state index in [0.29, 0.717) is 13.1 Å². The van der Waals surface area contributed by atoms with Crippen LogP contribution in [0.3, 0.4) is 0 Å². The molecule has 1 aromatic rings. The van der Waals surface area contributed by atoms with Crippen molar-refractivity contribution in [3.63, 3.8) is 0 Å². The van der Waals surface area contributed by atoms with Crippen molar-refractivity contribution in [1.29, 1.82) is 0 Å². The zero-order valence-electron chi connectivity index (χ0n) is 19.3. The molecule has 4 rings (SSSR count). The molecule has 186 valence electrons. The van der Waals surface area contributed by atoms with Crippen LogP contribution in [0, 0.1) is 5.92 Å². The average Bonchev–Trinajstić information content (AvgIpc) is 2.82. The molecule has 1 aromatic carbocycles. The highest BCUT2D eigenvalue weighted by Crippen LogP contribution is 2.37. The van der Waals surface area contributed by atoms with Crippen LogP contribution in [0.25, 0.3) is 0 Å². The highest BCUT2D eigenvalue weighted by molar-refractivity contribution is 6.11. The number of nitrogens with one attached hydrogen (secondary N) is 2. The highest BCUT2D eigenvalue weighted by Gasteiger charge is 2.37. The third kappa shape index (κ3) is 5.37. The van der Waals surface area contributed by atoms with Gasteiger partial charge in [0.2, 0.25) is 17.7 Å². The van der Waals surface area contributed by atoms with Crippen LogP contribution >= 0.6 is 0 Å². The number of carbonyl (C=O) groups is 3. The number of halogens is 3. The molecule has 1 unspecified atom stereocenters. The third-order valence-electron chi connectivity index (χ3n) is 7.21. The monoisotopic (exact) mass is 480 g/mol. The number of amides is 3. The lowest BCUT2D eigenvalue weighted by Gasteiger charge is -2.39. The number of anilines is 2. The lowest BCUT2D eigenvalue weighted by molar-refractivity contribution is -0.137. The van der Waals surface area contributed by atoms with Gasteiger partial charge in [-0.15, -0.1) is 0 Å². The van der Waals surface area contributed by atoms with Gasteiger partial charge in [0.15, 0.2) is 0 Å². The van der Waals surface area contributed by atoms with Crippen LogP contribution in [0.1, 0.15) is 57.4 Å². The maximum absolute atomic E-state index is 13.3. The zero-order chi connectivity index (χ0) is 24.5. The van der Waals surface area contributed by atoms with E-state index in [1.807, 2.05) is 4.90 Å². The van der Waals surface area contributed by atoms with Gasteiger partial charge in [0.05, 0.1) is 23.0 Å². The summed E-state index contributed by atoms with van der Waals surface area (Å²) in [6.07, 6.45) is 2.20. The van der Waals surface area contributed by atoms with Crippen molar-refractivity contribution >= 4 is 29.1 Å². The smallest absolute Gasteiger partial charge is 0.353 e. The first kappa shape index (κ1) is 24.5. The van der Waals surface area contributed by atoms with E-state index in [9.17, 15) is 27.6 Å². The fraction of sp³-hybridized carbons (Fsp3) is 0.625. The molecule has 2 heterocycles. The molecule has 0 aromatic heterocycles. The van der Waals surface area contributed by atoms with E-state index in [4.69, 9.17) is 0 Å². The lowest BCUT2D eigenvalue weighted by Crippen LogP contribution is -2.54. The van der Waals surface area contributed by atoms with Gasteiger partial charge < -0.3 is 10.6 Å². The quantitative estimate of drug-likeness (QED) is 0.691. The molecule has 2 N–H and O–H groups in total. The summed E-state index contributed by atoms with van der Waals surface area (Å²) in [5.41, 5.74) is -0.638. The minimum absolute atomic E-state index is 0.0178. The molecule has 1 saturated heterocycles. The Balaban J connectivity index is 1.37. The fourth-order valence-electron chi connectivity index (χ4n) is 5.16. The highest BCUT2D eigenvalue weighted by atomic mass is 19.4. The largest absolute Gasteiger partial charge is 0.416 e. The Bertz CT molecular complexity index is 938. The molecule has 10 heteroatoms. The number of hydrogen-bond donors (Lipinski definition) is 2. The molecule has 0 bridgehead atoms. The number of likely N-dealkylation sites (tertiary alicyclic amines) is 1. The topological polar surface area (TPSA) is 81.8 Å². The number of benzene rings is 1. The number of rotatable bonds is 4. The lowest BCUT2D eigenvalue weighted by atomic mass is 9.88. The Kier molecular flexibility index (Phi) is 7.16. The summed E-state index contributed by atoms with van der Waals surface area (Å²) in [5.74, 6) is -0.621. The summed E-state index contributed by atoms with van der Waals surface area (Å²) in [4.78, 5) is 41.2. The molecule has 1 saturated carbocycles. The first-order valence-corrected chi connectivity index (χ1v) is 12.0. The van der Waals surface area contributed by atoms with Crippen LogP contribution in [0.2, 0.25) is 0 Å². The van der Waals surface area contributed by atoms with Crippen LogP contribution in [0.15, 0.2) is 18.2 Å². The van der Waals surface area contributed by atoms with E-state index >= 15 is 0 Å². The zero-order valence-corrected chi connectivity index (χ0v) is 19.3. The van der Waals surface area contributed by atoms with Gasteiger partial charge in [-0.3, -0.25) is 24.2 Å². The van der Waals surface area contributed by atoms with Gasteiger partial charge in [0.1, 0.15) is 6.54 Å².